The van der Waals surface area contributed by atoms with E-state index in [1.165, 1.54) is 0 Å². The van der Waals surface area contributed by atoms with Crippen molar-refractivity contribution in [1.82, 2.24) is 15.1 Å². The summed E-state index contributed by atoms with van der Waals surface area (Å²) in [4.78, 5) is 41.0. The summed E-state index contributed by atoms with van der Waals surface area (Å²) in [5.74, 6) is -0.0600. The van der Waals surface area contributed by atoms with Gasteiger partial charge < -0.3 is 15.1 Å². The largest absolute Gasteiger partial charge is 0.342 e. The Morgan fingerprint density at radius 1 is 1.24 bits per heavy atom. The van der Waals surface area contributed by atoms with Crippen LogP contribution in [-0.4, -0.2) is 59.2 Å². The average molecular weight is 364 g/mol. The third-order valence-electron chi connectivity index (χ3n) is 4.67. The second-order valence-corrected chi connectivity index (χ2v) is 7.43. The van der Waals surface area contributed by atoms with Gasteiger partial charge in [0.05, 0.1) is 6.54 Å². The normalized spacial score (nSPS) is 23.5. The molecule has 3 rings (SSSR count). The van der Waals surface area contributed by atoms with Gasteiger partial charge in [0.15, 0.2) is 0 Å². The minimum atomic E-state index is -0.610. The highest BCUT2D eigenvalue weighted by molar-refractivity contribution is 6.30. The molecule has 0 aliphatic carbocycles. The molecule has 2 aliphatic heterocycles. The van der Waals surface area contributed by atoms with E-state index in [0.717, 1.165) is 0 Å². The third kappa shape index (κ3) is 3.63. The Morgan fingerprint density at radius 3 is 2.56 bits per heavy atom. The van der Waals surface area contributed by atoms with Gasteiger partial charge >= 0.3 is 0 Å². The maximum absolute atomic E-state index is 12.6. The minimum Gasteiger partial charge on any atom is -0.342 e. The molecule has 7 heteroatoms. The van der Waals surface area contributed by atoms with Gasteiger partial charge in [0.2, 0.25) is 11.8 Å². The maximum Gasteiger partial charge on any atom is 0.254 e. The third-order valence-corrected chi connectivity index (χ3v) is 4.92. The fraction of sp³-hybridized carbons (Fsp3) is 0.500. The van der Waals surface area contributed by atoms with Crippen molar-refractivity contribution in [3.8, 4) is 0 Å². The molecular weight excluding hydrogens is 342 g/mol. The number of carbonyl (C=O) groups excluding carboxylic acids is 3. The smallest absolute Gasteiger partial charge is 0.254 e. The maximum atomic E-state index is 12.6. The Bertz CT molecular complexity index is 689. The predicted octanol–water partition coefficient (Wildman–Crippen LogP) is 1.54. The summed E-state index contributed by atoms with van der Waals surface area (Å²) in [6.07, 6.45) is 0.626. The van der Waals surface area contributed by atoms with Crippen LogP contribution in [0.5, 0.6) is 0 Å². The predicted molar refractivity (Wildman–Crippen MR) is 94.2 cm³/mol. The van der Waals surface area contributed by atoms with Crippen molar-refractivity contribution in [1.29, 1.82) is 0 Å². The Balaban J connectivity index is 1.71. The number of carbonyl (C=O) groups is 3. The van der Waals surface area contributed by atoms with Gasteiger partial charge in [-0.15, -0.1) is 0 Å². The second-order valence-electron chi connectivity index (χ2n) is 7.00. The molecule has 1 aromatic rings. The molecule has 6 nitrogen and oxygen atoms in total. The molecule has 2 fully saturated rings. The molecule has 1 aromatic carbocycles. The van der Waals surface area contributed by atoms with E-state index in [-0.39, 0.29) is 24.3 Å². The van der Waals surface area contributed by atoms with E-state index in [9.17, 15) is 14.4 Å². The van der Waals surface area contributed by atoms with E-state index >= 15 is 0 Å². The van der Waals surface area contributed by atoms with Crippen LogP contribution >= 0.6 is 11.6 Å². The zero-order valence-corrected chi connectivity index (χ0v) is 15.1. The van der Waals surface area contributed by atoms with Crippen LogP contribution in [0.25, 0.3) is 0 Å². The van der Waals surface area contributed by atoms with Gasteiger partial charge in [-0.1, -0.05) is 25.4 Å². The van der Waals surface area contributed by atoms with Crippen molar-refractivity contribution in [2.24, 2.45) is 5.92 Å². The Labute approximate surface area is 152 Å². The molecule has 1 N–H and O–H groups in total. The number of hydrogen-bond donors (Lipinski definition) is 1. The molecule has 2 atom stereocenters. The molecule has 3 amide bonds. The van der Waals surface area contributed by atoms with Crippen LogP contribution < -0.4 is 5.32 Å². The van der Waals surface area contributed by atoms with Crippen LogP contribution in [0.2, 0.25) is 5.02 Å². The second kappa shape index (κ2) is 7.04. The van der Waals surface area contributed by atoms with Crippen molar-refractivity contribution in [3.05, 3.63) is 34.9 Å². The average Bonchev–Trinajstić information content (AvgIpc) is 2.58. The molecule has 25 heavy (non-hydrogen) atoms. The molecule has 134 valence electrons. The van der Waals surface area contributed by atoms with Crippen LogP contribution in [-0.2, 0) is 9.59 Å². The first kappa shape index (κ1) is 17.7. The molecular formula is C18H22ClN3O3. The van der Waals surface area contributed by atoms with Crippen molar-refractivity contribution >= 4 is 29.3 Å². The fourth-order valence-corrected chi connectivity index (χ4v) is 3.52. The SMILES string of the molecule is CC(C)C[C@H]1NC(=O)[C@H]2CN(C(=O)c3ccc(Cl)cc3)CCN2C1=O. The van der Waals surface area contributed by atoms with Crippen molar-refractivity contribution in [2.45, 2.75) is 32.4 Å². The lowest BCUT2D eigenvalue weighted by Crippen LogP contribution is -2.69. The van der Waals surface area contributed by atoms with Gasteiger partial charge in [-0.05, 0) is 36.6 Å². The molecule has 2 aliphatic rings. The fourth-order valence-electron chi connectivity index (χ4n) is 3.39. The molecule has 0 spiro atoms. The Kier molecular flexibility index (Phi) is 4.99. The van der Waals surface area contributed by atoms with Gasteiger partial charge in [-0.25, -0.2) is 0 Å². The van der Waals surface area contributed by atoms with Crippen LogP contribution in [0.3, 0.4) is 0 Å². The van der Waals surface area contributed by atoms with E-state index in [4.69, 9.17) is 11.6 Å². The van der Waals surface area contributed by atoms with Crippen molar-refractivity contribution in [3.63, 3.8) is 0 Å². The number of rotatable bonds is 3. The first-order valence-electron chi connectivity index (χ1n) is 8.52. The topological polar surface area (TPSA) is 69.7 Å². The van der Waals surface area contributed by atoms with Crippen molar-refractivity contribution < 1.29 is 14.4 Å². The highest BCUT2D eigenvalue weighted by Crippen LogP contribution is 2.21. The minimum absolute atomic E-state index is 0.0445. The Morgan fingerprint density at radius 2 is 1.92 bits per heavy atom. The molecule has 0 saturated carbocycles. The summed E-state index contributed by atoms with van der Waals surface area (Å²) in [5, 5.41) is 3.38. The highest BCUT2D eigenvalue weighted by atomic mass is 35.5. The van der Waals surface area contributed by atoms with Crippen LogP contribution in [0.15, 0.2) is 24.3 Å². The number of amides is 3. The highest BCUT2D eigenvalue weighted by Gasteiger charge is 2.44. The summed E-state index contributed by atoms with van der Waals surface area (Å²) < 4.78 is 0. The molecule has 0 aromatic heterocycles. The standard InChI is InChI=1S/C18H22ClN3O3/c1-11(2)9-14-18(25)22-8-7-21(10-15(22)16(23)20-14)17(24)12-3-5-13(19)6-4-12/h3-6,11,14-15H,7-10H2,1-2H3,(H,20,23)/t14-,15-/m1/s1. The van der Waals surface area contributed by atoms with E-state index < -0.39 is 12.1 Å². The molecule has 2 saturated heterocycles. The van der Waals surface area contributed by atoms with Gasteiger partial charge in [0.25, 0.3) is 5.91 Å². The summed E-state index contributed by atoms with van der Waals surface area (Å²) in [7, 11) is 0. The number of hydrogen-bond acceptors (Lipinski definition) is 3. The van der Waals surface area contributed by atoms with Gasteiger partial charge in [-0.3, -0.25) is 14.4 Å². The van der Waals surface area contributed by atoms with Crippen LogP contribution in [0, 0.1) is 5.92 Å². The van der Waals surface area contributed by atoms with Crippen LogP contribution in [0.4, 0.5) is 0 Å². The number of nitrogens with one attached hydrogen (secondary N) is 1. The lowest BCUT2D eigenvalue weighted by atomic mass is 9.97. The summed E-state index contributed by atoms with van der Waals surface area (Å²) >= 11 is 5.86. The summed E-state index contributed by atoms with van der Waals surface area (Å²) in [5.41, 5.74) is 0.526. The number of benzene rings is 1. The molecule has 2 heterocycles. The Hall–Kier alpha value is -2.08. The monoisotopic (exact) mass is 363 g/mol. The summed E-state index contributed by atoms with van der Waals surface area (Å²) in [6, 6.07) is 5.60. The van der Waals surface area contributed by atoms with E-state index in [0.29, 0.717) is 36.0 Å². The van der Waals surface area contributed by atoms with Gasteiger partial charge in [0.1, 0.15) is 12.1 Å². The first-order chi connectivity index (χ1) is 11.9. The quantitative estimate of drug-likeness (QED) is 0.885. The zero-order chi connectivity index (χ0) is 18.1. The lowest BCUT2D eigenvalue weighted by Gasteiger charge is -2.45. The van der Waals surface area contributed by atoms with E-state index in [1.54, 1.807) is 34.1 Å². The first-order valence-corrected chi connectivity index (χ1v) is 8.90. The van der Waals surface area contributed by atoms with Crippen molar-refractivity contribution in [2.75, 3.05) is 19.6 Å². The summed E-state index contributed by atoms with van der Waals surface area (Å²) in [6.45, 7) is 5.06. The number of nitrogens with zero attached hydrogens (tertiary/aromatic N) is 2. The van der Waals surface area contributed by atoms with E-state index in [2.05, 4.69) is 5.32 Å². The van der Waals surface area contributed by atoms with E-state index in [1.807, 2.05) is 13.8 Å². The number of fused-ring (bicyclic) bond motifs is 1. The number of piperazine rings is 2. The van der Waals surface area contributed by atoms with Gasteiger partial charge in [0, 0.05) is 23.7 Å². The number of halogens is 1. The molecule has 0 radical (unpaired) electrons. The zero-order valence-electron chi connectivity index (χ0n) is 14.4. The molecule has 0 unspecified atom stereocenters. The molecule has 0 bridgehead atoms. The van der Waals surface area contributed by atoms with Crippen LogP contribution in [0.1, 0.15) is 30.6 Å². The lowest BCUT2D eigenvalue weighted by molar-refractivity contribution is -0.152. The van der Waals surface area contributed by atoms with Gasteiger partial charge in [-0.2, -0.15) is 0 Å².